The fourth-order valence-electron chi connectivity index (χ4n) is 3.73. The molecule has 0 radical (unpaired) electrons. The lowest BCUT2D eigenvalue weighted by Crippen LogP contribution is -2.27. The normalized spacial score (nSPS) is 11.3. The standard InChI is InChI=1S/C27H34N2O2/c1-21(2)15-17-28(19-24-8-5-6-10-26(24)27(30)31-4)20-25-9-7-16-29(25)18-23-13-11-22(3)12-14-23/h5-14,16,21H,15,17-20H2,1-4H3. The minimum atomic E-state index is -0.276. The van der Waals surface area contributed by atoms with E-state index in [0.717, 1.165) is 31.6 Å². The van der Waals surface area contributed by atoms with Gasteiger partial charge in [-0.2, -0.15) is 0 Å². The Morgan fingerprint density at radius 1 is 1.00 bits per heavy atom. The summed E-state index contributed by atoms with van der Waals surface area (Å²) in [5, 5.41) is 0. The van der Waals surface area contributed by atoms with E-state index in [9.17, 15) is 4.79 Å². The highest BCUT2D eigenvalue weighted by Crippen LogP contribution is 2.18. The molecule has 0 spiro atoms. The number of carbonyl (C=O) groups is 1. The maximum Gasteiger partial charge on any atom is 0.338 e. The fraction of sp³-hybridized carbons (Fsp3) is 0.370. The van der Waals surface area contributed by atoms with E-state index in [1.54, 1.807) is 0 Å². The van der Waals surface area contributed by atoms with Gasteiger partial charge in [-0.05, 0) is 55.1 Å². The Labute approximate surface area is 186 Å². The molecule has 0 bridgehead atoms. The minimum Gasteiger partial charge on any atom is -0.465 e. The summed E-state index contributed by atoms with van der Waals surface area (Å²) in [7, 11) is 1.44. The molecule has 31 heavy (non-hydrogen) atoms. The molecule has 1 heterocycles. The van der Waals surface area contributed by atoms with E-state index in [-0.39, 0.29) is 5.97 Å². The number of hydrogen-bond donors (Lipinski definition) is 0. The van der Waals surface area contributed by atoms with E-state index >= 15 is 0 Å². The van der Waals surface area contributed by atoms with Gasteiger partial charge in [0.15, 0.2) is 0 Å². The van der Waals surface area contributed by atoms with Gasteiger partial charge >= 0.3 is 5.97 Å². The number of methoxy groups -OCH3 is 1. The van der Waals surface area contributed by atoms with Gasteiger partial charge in [-0.25, -0.2) is 4.79 Å². The second kappa shape index (κ2) is 11.0. The van der Waals surface area contributed by atoms with Crippen molar-refractivity contribution in [2.24, 2.45) is 5.92 Å². The molecule has 3 rings (SSSR count). The van der Waals surface area contributed by atoms with Crippen LogP contribution in [0.2, 0.25) is 0 Å². The van der Waals surface area contributed by atoms with Gasteiger partial charge in [0, 0.05) is 31.5 Å². The first-order valence-electron chi connectivity index (χ1n) is 11.0. The molecule has 2 aromatic carbocycles. The molecule has 0 aliphatic heterocycles. The average Bonchev–Trinajstić information content (AvgIpc) is 3.20. The third-order valence-electron chi connectivity index (χ3n) is 5.62. The van der Waals surface area contributed by atoms with E-state index in [4.69, 9.17) is 4.74 Å². The molecule has 0 saturated heterocycles. The molecule has 0 aliphatic carbocycles. The number of aromatic nitrogens is 1. The number of aryl methyl sites for hydroxylation is 1. The van der Waals surface area contributed by atoms with E-state index in [0.29, 0.717) is 18.0 Å². The Bertz CT molecular complexity index is 973. The number of nitrogens with zero attached hydrogens (tertiary/aromatic N) is 2. The molecule has 0 amide bonds. The lowest BCUT2D eigenvalue weighted by molar-refractivity contribution is 0.0598. The van der Waals surface area contributed by atoms with Gasteiger partial charge in [0.25, 0.3) is 0 Å². The van der Waals surface area contributed by atoms with Crippen molar-refractivity contribution in [3.05, 3.63) is 94.8 Å². The monoisotopic (exact) mass is 418 g/mol. The summed E-state index contributed by atoms with van der Waals surface area (Å²) in [5.41, 5.74) is 5.51. The molecule has 0 N–H and O–H groups in total. The summed E-state index contributed by atoms with van der Waals surface area (Å²) in [5.74, 6) is 0.347. The molecule has 4 heteroatoms. The van der Waals surface area contributed by atoms with Crippen molar-refractivity contribution in [1.29, 1.82) is 0 Å². The van der Waals surface area contributed by atoms with Gasteiger partial charge in [-0.15, -0.1) is 0 Å². The molecule has 0 saturated carbocycles. The third-order valence-corrected chi connectivity index (χ3v) is 5.62. The second-order valence-corrected chi connectivity index (χ2v) is 8.65. The number of benzene rings is 2. The van der Waals surface area contributed by atoms with Gasteiger partial charge in [-0.3, -0.25) is 4.90 Å². The highest BCUT2D eigenvalue weighted by atomic mass is 16.5. The van der Waals surface area contributed by atoms with Crippen molar-refractivity contribution in [2.45, 2.75) is 46.8 Å². The van der Waals surface area contributed by atoms with Crippen LogP contribution in [0.5, 0.6) is 0 Å². The number of esters is 1. The first-order chi connectivity index (χ1) is 15.0. The Morgan fingerprint density at radius 3 is 2.45 bits per heavy atom. The molecule has 164 valence electrons. The summed E-state index contributed by atoms with van der Waals surface area (Å²) in [4.78, 5) is 14.7. The van der Waals surface area contributed by atoms with Crippen LogP contribution in [0.4, 0.5) is 0 Å². The Balaban J connectivity index is 1.79. The van der Waals surface area contributed by atoms with Crippen LogP contribution in [0.3, 0.4) is 0 Å². The molecular formula is C27H34N2O2. The SMILES string of the molecule is COC(=O)c1ccccc1CN(CCC(C)C)Cc1cccn1Cc1ccc(C)cc1. The third kappa shape index (κ3) is 6.56. The molecular weight excluding hydrogens is 384 g/mol. The molecule has 3 aromatic rings. The van der Waals surface area contributed by atoms with Crippen LogP contribution >= 0.6 is 0 Å². The molecule has 0 fully saturated rings. The molecule has 4 nitrogen and oxygen atoms in total. The van der Waals surface area contributed by atoms with Gasteiger partial charge in [-0.1, -0.05) is 61.9 Å². The predicted octanol–water partition coefficient (Wildman–Crippen LogP) is 5.68. The molecule has 1 aromatic heterocycles. The zero-order valence-electron chi connectivity index (χ0n) is 19.2. The zero-order chi connectivity index (χ0) is 22.2. The molecule has 0 atom stereocenters. The van der Waals surface area contributed by atoms with Gasteiger partial charge in [0.2, 0.25) is 0 Å². The van der Waals surface area contributed by atoms with Crippen molar-refractivity contribution in [3.63, 3.8) is 0 Å². The summed E-state index contributed by atoms with van der Waals surface area (Å²) >= 11 is 0. The van der Waals surface area contributed by atoms with Gasteiger partial charge in [0.1, 0.15) is 0 Å². The van der Waals surface area contributed by atoms with Crippen molar-refractivity contribution >= 4 is 5.97 Å². The Kier molecular flexibility index (Phi) is 8.07. The maximum absolute atomic E-state index is 12.2. The van der Waals surface area contributed by atoms with Crippen LogP contribution in [0.1, 0.15) is 53.0 Å². The fourth-order valence-corrected chi connectivity index (χ4v) is 3.73. The number of ether oxygens (including phenoxy) is 1. The van der Waals surface area contributed by atoms with Crippen molar-refractivity contribution in [2.75, 3.05) is 13.7 Å². The Morgan fingerprint density at radius 2 is 1.74 bits per heavy atom. The maximum atomic E-state index is 12.2. The van der Waals surface area contributed by atoms with Crippen LogP contribution in [0.25, 0.3) is 0 Å². The zero-order valence-corrected chi connectivity index (χ0v) is 19.2. The summed E-state index contributed by atoms with van der Waals surface area (Å²) in [6, 6.07) is 20.8. The van der Waals surface area contributed by atoms with E-state index in [1.165, 1.54) is 23.9 Å². The smallest absolute Gasteiger partial charge is 0.338 e. The second-order valence-electron chi connectivity index (χ2n) is 8.65. The lowest BCUT2D eigenvalue weighted by atomic mass is 10.1. The van der Waals surface area contributed by atoms with Crippen molar-refractivity contribution < 1.29 is 9.53 Å². The van der Waals surface area contributed by atoms with Crippen LogP contribution in [0.15, 0.2) is 66.9 Å². The quantitative estimate of drug-likeness (QED) is 0.397. The van der Waals surface area contributed by atoms with Crippen LogP contribution < -0.4 is 0 Å². The van der Waals surface area contributed by atoms with E-state index in [2.05, 4.69) is 72.8 Å². The van der Waals surface area contributed by atoms with E-state index in [1.807, 2.05) is 24.3 Å². The van der Waals surface area contributed by atoms with Crippen molar-refractivity contribution in [1.82, 2.24) is 9.47 Å². The number of hydrogen-bond acceptors (Lipinski definition) is 3. The molecule has 0 aliphatic rings. The van der Waals surface area contributed by atoms with Gasteiger partial charge in [0.05, 0.1) is 12.7 Å². The predicted molar refractivity (Wildman–Crippen MR) is 126 cm³/mol. The largest absolute Gasteiger partial charge is 0.465 e. The lowest BCUT2D eigenvalue weighted by Gasteiger charge is -2.25. The summed E-state index contributed by atoms with van der Waals surface area (Å²) in [6.07, 6.45) is 3.26. The first kappa shape index (κ1) is 22.8. The average molecular weight is 419 g/mol. The number of rotatable bonds is 10. The minimum absolute atomic E-state index is 0.276. The first-order valence-corrected chi connectivity index (χ1v) is 11.0. The van der Waals surface area contributed by atoms with Crippen LogP contribution in [0, 0.1) is 12.8 Å². The van der Waals surface area contributed by atoms with E-state index < -0.39 is 0 Å². The summed E-state index contributed by atoms with van der Waals surface area (Å²) < 4.78 is 7.31. The summed E-state index contributed by atoms with van der Waals surface area (Å²) in [6.45, 7) is 10.0. The molecule has 0 unspecified atom stereocenters. The topological polar surface area (TPSA) is 34.5 Å². The van der Waals surface area contributed by atoms with Crippen LogP contribution in [-0.4, -0.2) is 29.1 Å². The number of carbonyl (C=O) groups excluding carboxylic acids is 1. The highest BCUT2D eigenvalue weighted by molar-refractivity contribution is 5.90. The van der Waals surface area contributed by atoms with Crippen LogP contribution in [-0.2, 0) is 24.4 Å². The highest BCUT2D eigenvalue weighted by Gasteiger charge is 2.16. The van der Waals surface area contributed by atoms with Crippen molar-refractivity contribution in [3.8, 4) is 0 Å². The van der Waals surface area contributed by atoms with Gasteiger partial charge < -0.3 is 9.30 Å². The Hall–Kier alpha value is -2.85.